The summed E-state index contributed by atoms with van der Waals surface area (Å²) in [4.78, 5) is 0. The molecule has 2 aromatic rings. The summed E-state index contributed by atoms with van der Waals surface area (Å²) in [5.41, 5.74) is 2.41. The second kappa shape index (κ2) is 3.91. The van der Waals surface area contributed by atoms with Crippen LogP contribution in [0.1, 0.15) is 12.1 Å². The third-order valence-corrected chi connectivity index (χ3v) is 3.50. The third kappa shape index (κ3) is 1.61. The van der Waals surface area contributed by atoms with Gasteiger partial charge in [-0.2, -0.15) is 5.10 Å². The first-order chi connectivity index (χ1) is 7.84. The lowest BCUT2D eigenvalue weighted by molar-refractivity contribution is 0.445. The largest absolute Gasteiger partial charge is 0.316 e. The lowest BCUT2D eigenvalue weighted by atomic mass is 10.1. The van der Waals surface area contributed by atoms with Gasteiger partial charge in [0.2, 0.25) is 0 Å². The highest BCUT2D eigenvalue weighted by atomic mass is 15.3. The molecule has 0 bridgehead atoms. The summed E-state index contributed by atoms with van der Waals surface area (Å²) in [5, 5.41) is 9.35. The molecule has 1 unspecified atom stereocenters. The Balaban J connectivity index is 1.94. The van der Waals surface area contributed by atoms with Crippen LogP contribution in [0.25, 0.3) is 10.9 Å². The molecule has 0 saturated carbocycles. The van der Waals surface area contributed by atoms with E-state index < -0.39 is 0 Å². The zero-order chi connectivity index (χ0) is 11.0. The average Bonchev–Trinajstić information content (AvgIpc) is 2.90. The van der Waals surface area contributed by atoms with E-state index in [-0.39, 0.29) is 0 Å². The Labute approximate surface area is 95.5 Å². The number of aryl methyl sites for hydroxylation is 1. The van der Waals surface area contributed by atoms with Crippen LogP contribution in [0, 0.1) is 12.8 Å². The van der Waals surface area contributed by atoms with Crippen molar-refractivity contribution in [2.24, 2.45) is 5.92 Å². The molecule has 3 rings (SSSR count). The Morgan fingerprint density at radius 3 is 3.06 bits per heavy atom. The molecule has 1 aromatic heterocycles. The fourth-order valence-corrected chi connectivity index (χ4v) is 2.50. The smallest absolute Gasteiger partial charge is 0.0926 e. The van der Waals surface area contributed by atoms with Gasteiger partial charge in [-0.15, -0.1) is 0 Å². The van der Waals surface area contributed by atoms with Crippen molar-refractivity contribution < 1.29 is 0 Å². The van der Waals surface area contributed by atoms with Gasteiger partial charge in [0.25, 0.3) is 0 Å². The number of rotatable bonds is 2. The van der Waals surface area contributed by atoms with E-state index in [1.54, 1.807) is 0 Å². The van der Waals surface area contributed by atoms with Crippen LogP contribution in [0.5, 0.6) is 0 Å². The van der Waals surface area contributed by atoms with Crippen LogP contribution in [0.2, 0.25) is 0 Å². The van der Waals surface area contributed by atoms with Crippen LogP contribution in [-0.2, 0) is 6.54 Å². The van der Waals surface area contributed by atoms with E-state index in [1.165, 1.54) is 17.5 Å². The minimum Gasteiger partial charge on any atom is -0.316 e. The summed E-state index contributed by atoms with van der Waals surface area (Å²) in [5.74, 6) is 0.744. The zero-order valence-corrected chi connectivity index (χ0v) is 9.61. The molecule has 1 aliphatic heterocycles. The second-order valence-electron chi connectivity index (χ2n) is 4.64. The number of benzene rings is 1. The summed E-state index contributed by atoms with van der Waals surface area (Å²) in [6.07, 6.45) is 1.27. The molecular formula is C13H17N3. The summed E-state index contributed by atoms with van der Waals surface area (Å²) in [7, 11) is 0. The molecule has 0 spiro atoms. The minimum absolute atomic E-state index is 0.744. The lowest BCUT2D eigenvalue weighted by Crippen LogP contribution is -2.16. The molecular weight excluding hydrogens is 198 g/mol. The number of nitrogens with one attached hydrogen (secondary N) is 1. The highest BCUT2D eigenvalue weighted by molar-refractivity contribution is 5.81. The standard InChI is InChI=1S/C13H17N3/c1-10-12-4-2-3-5-13(12)15-16(10)9-11-6-7-14-8-11/h2-5,11,14H,6-9H2,1H3. The first-order valence-electron chi connectivity index (χ1n) is 5.97. The van der Waals surface area contributed by atoms with Gasteiger partial charge in [0.15, 0.2) is 0 Å². The van der Waals surface area contributed by atoms with Crippen LogP contribution in [0.4, 0.5) is 0 Å². The lowest BCUT2D eigenvalue weighted by Gasteiger charge is -2.09. The van der Waals surface area contributed by atoms with Crippen molar-refractivity contribution in [3.05, 3.63) is 30.0 Å². The molecule has 2 heterocycles. The van der Waals surface area contributed by atoms with Gasteiger partial charge in [-0.25, -0.2) is 0 Å². The molecule has 1 aromatic carbocycles. The molecule has 0 aliphatic carbocycles. The Hall–Kier alpha value is -1.35. The van der Waals surface area contributed by atoms with Crippen LogP contribution >= 0.6 is 0 Å². The normalized spacial score (nSPS) is 20.7. The van der Waals surface area contributed by atoms with Crippen LogP contribution < -0.4 is 5.32 Å². The quantitative estimate of drug-likeness (QED) is 0.830. The molecule has 1 atom stereocenters. The maximum absolute atomic E-state index is 4.66. The van der Waals surface area contributed by atoms with E-state index >= 15 is 0 Å². The zero-order valence-electron chi connectivity index (χ0n) is 9.61. The van der Waals surface area contributed by atoms with E-state index in [2.05, 4.69) is 46.3 Å². The van der Waals surface area contributed by atoms with Crippen molar-refractivity contribution in [1.82, 2.24) is 15.1 Å². The fraction of sp³-hybridized carbons (Fsp3) is 0.462. The number of hydrogen-bond acceptors (Lipinski definition) is 2. The Kier molecular flexibility index (Phi) is 2.40. The van der Waals surface area contributed by atoms with Crippen LogP contribution in [-0.4, -0.2) is 22.9 Å². The molecule has 3 heteroatoms. The summed E-state index contributed by atoms with van der Waals surface area (Å²) < 4.78 is 2.17. The van der Waals surface area contributed by atoms with Gasteiger partial charge in [0, 0.05) is 17.6 Å². The Morgan fingerprint density at radius 1 is 1.44 bits per heavy atom. The van der Waals surface area contributed by atoms with Gasteiger partial charge in [-0.05, 0) is 38.4 Å². The van der Waals surface area contributed by atoms with E-state index in [9.17, 15) is 0 Å². The SMILES string of the molecule is Cc1c2ccccc2nn1CC1CCNC1. The van der Waals surface area contributed by atoms with E-state index in [0.29, 0.717) is 0 Å². The molecule has 0 radical (unpaired) electrons. The van der Waals surface area contributed by atoms with Crippen molar-refractivity contribution in [2.45, 2.75) is 19.9 Å². The van der Waals surface area contributed by atoms with Gasteiger partial charge in [0.05, 0.1) is 5.52 Å². The summed E-state index contributed by atoms with van der Waals surface area (Å²) in [6.45, 7) is 5.51. The number of fused-ring (bicyclic) bond motifs is 1. The molecule has 1 fully saturated rings. The molecule has 0 amide bonds. The molecule has 84 valence electrons. The van der Waals surface area contributed by atoms with Gasteiger partial charge < -0.3 is 5.32 Å². The van der Waals surface area contributed by atoms with Gasteiger partial charge in [0.1, 0.15) is 0 Å². The Morgan fingerprint density at radius 2 is 2.31 bits per heavy atom. The molecule has 3 nitrogen and oxygen atoms in total. The predicted octanol–water partition coefficient (Wildman–Crippen LogP) is 1.95. The number of aromatic nitrogens is 2. The minimum atomic E-state index is 0.744. The number of nitrogens with zero attached hydrogens (tertiary/aromatic N) is 2. The van der Waals surface area contributed by atoms with Crippen molar-refractivity contribution in [3.8, 4) is 0 Å². The van der Waals surface area contributed by atoms with Gasteiger partial charge in [-0.3, -0.25) is 4.68 Å². The maximum atomic E-state index is 4.66. The Bertz CT molecular complexity index is 495. The highest BCUT2D eigenvalue weighted by Gasteiger charge is 2.17. The van der Waals surface area contributed by atoms with Crippen molar-refractivity contribution >= 4 is 10.9 Å². The molecule has 1 saturated heterocycles. The molecule has 1 aliphatic rings. The summed E-state index contributed by atoms with van der Waals surface area (Å²) in [6, 6.07) is 8.38. The summed E-state index contributed by atoms with van der Waals surface area (Å²) >= 11 is 0. The van der Waals surface area contributed by atoms with Crippen molar-refractivity contribution in [2.75, 3.05) is 13.1 Å². The van der Waals surface area contributed by atoms with Crippen LogP contribution in [0.15, 0.2) is 24.3 Å². The van der Waals surface area contributed by atoms with Crippen LogP contribution in [0.3, 0.4) is 0 Å². The topological polar surface area (TPSA) is 29.9 Å². The second-order valence-corrected chi connectivity index (χ2v) is 4.64. The predicted molar refractivity (Wildman–Crippen MR) is 65.4 cm³/mol. The fourth-order valence-electron chi connectivity index (χ4n) is 2.50. The molecule has 16 heavy (non-hydrogen) atoms. The maximum Gasteiger partial charge on any atom is 0.0926 e. The highest BCUT2D eigenvalue weighted by Crippen LogP contribution is 2.19. The van der Waals surface area contributed by atoms with E-state index in [1.807, 2.05) is 0 Å². The van der Waals surface area contributed by atoms with Crippen molar-refractivity contribution in [1.29, 1.82) is 0 Å². The van der Waals surface area contributed by atoms with E-state index in [4.69, 9.17) is 0 Å². The molecule has 1 N–H and O–H groups in total. The first-order valence-corrected chi connectivity index (χ1v) is 5.97. The van der Waals surface area contributed by atoms with Gasteiger partial charge in [-0.1, -0.05) is 18.2 Å². The monoisotopic (exact) mass is 215 g/mol. The number of hydrogen-bond donors (Lipinski definition) is 1. The third-order valence-electron chi connectivity index (χ3n) is 3.50. The first kappa shape index (κ1) is 9.85. The van der Waals surface area contributed by atoms with Crippen molar-refractivity contribution in [3.63, 3.8) is 0 Å². The average molecular weight is 215 g/mol. The van der Waals surface area contributed by atoms with E-state index in [0.717, 1.165) is 31.1 Å². The van der Waals surface area contributed by atoms with Gasteiger partial charge >= 0.3 is 0 Å².